The fraction of sp³-hybridized carbons (Fsp3) is 0.562. The van der Waals surface area contributed by atoms with E-state index in [1.165, 1.54) is 6.92 Å². The lowest BCUT2D eigenvalue weighted by atomic mass is 9.73. The third-order valence-corrected chi connectivity index (χ3v) is 8.68. The van der Waals surface area contributed by atoms with Crippen molar-refractivity contribution in [1.29, 1.82) is 0 Å². The summed E-state index contributed by atoms with van der Waals surface area (Å²) in [5, 5.41) is 2.68. The molecule has 0 saturated carbocycles. The number of nitrogens with one attached hydrogen (secondary N) is 1. The third-order valence-electron chi connectivity index (χ3n) is 8.68. The van der Waals surface area contributed by atoms with Gasteiger partial charge in [0.2, 0.25) is 5.95 Å². The number of ether oxygens (including phenoxy) is 3. The SMILES string of the molecule is CC1C(=O)OC[C@@]2(C)OC(=O)CC2C(C)C(=O)[C@H](C)C[C@@](C)(OC(=O)NC/C=C/c2cn(-c3ncccn3)cn2)C[C@@H](C)C1=O. The smallest absolute Gasteiger partial charge is 0.407 e. The van der Waals surface area contributed by atoms with Crippen molar-refractivity contribution in [1.82, 2.24) is 24.8 Å². The van der Waals surface area contributed by atoms with Gasteiger partial charge in [0.15, 0.2) is 0 Å². The molecule has 2 aliphatic rings. The zero-order valence-corrected chi connectivity index (χ0v) is 26.5. The summed E-state index contributed by atoms with van der Waals surface area (Å²) in [7, 11) is 0. The summed E-state index contributed by atoms with van der Waals surface area (Å²) in [6.45, 7) is 9.80. The number of rotatable bonds is 5. The van der Waals surface area contributed by atoms with E-state index in [0.29, 0.717) is 11.6 Å². The van der Waals surface area contributed by atoms with Crippen molar-refractivity contribution in [3.8, 4) is 5.95 Å². The zero-order valence-electron chi connectivity index (χ0n) is 26.5. The van der Waals surface area contributed by atoms with Gasteiger partial charge in [0.1, 0.15) is 41.6 Å². The van der Waals surface area contributed by atoms with Gasteiger partial charge in [0.25, 0.3) is 0 Å². The zero-order chi connectivity index (χ0) is 32.9. The number of nitrogens with zero attached hydrogens (tertiary/aromatic N) is 4. The summed E-state index contributed by atoms with van der Waals surface area (Å²) in [5.74, 6) is -4.76. The maximum Gasteiger partial charge on any atom is 0.407 e. The molecule has 2 aliphatic heterocycles. The third kappa shape index (κ3) is 8.00. The summed E-state index contributed by atoms with van der Waals surface area (Å²) < 4.78 is 18.6. The second kappa shape index (κ2) is 13.7. The number of alkyl carbamates (subject to hydrolysis) is 1. The topological polar surface area (TPSA) is 169 Å². The molecular formula is C32H41N5O8. The summed E-state index contributed by atoms with van der Waals surface area (Å²) in [4.78, 5) is 77.7. The highest BCUT2D eigenvalue weighted by Crippen LogP contribution is 2.41. The van der Waals surface area contributed by atoms with E-state index < -0.39 is 58.8 Å². The number of Topliss-reactive ketones (excluding diaryl/α,β-unsaturated/α-hetero) is 2. The lowest BCUT2D eigenvalue weighted by Crippen LogP contribution is -2.47. The molecule has 3 unspecified atom stereocenters. The Hall–Kier alpha value is -4.42. The Balaban J connectivity index is 1.47. The molecule has 4 rings (SSSR count). The average Bonchev–Trinajstić information content (AvgIpc) is 3.60. The highest BCUT2D eigenvalue weighted by molar-refractivity contribution is 5.99. The molecule has 0 aromatic carbocycles. The Morgan fingerprint density at radius 2 is 1.71 bits per heavy atom. The van der Waals surface area contributed by atoms with Crippen molar-refractivity contribution >= 4 is 35.7 Å². The molecule has 13 nitrogen and oxygen atoms in total. The van der Waals surface area contributed by atoms with Crippen LogP contribution in [0.4, 0.5) is 4.79 Å². The van der Waals surface area contributed by atoms with Crippen LogP contribution in [0.2, 0.25) is 0 Å². The molecule has 2 aromatic heterocycles. The van der Waals surface area contributed by atoms with Gasteiger partial charge >= 0.3 is 18.0 Å². The highest BCUT2D eigenvalue weighted by atomic mass is 16.6. The van der Waals surface area contributed by atoms with E-state index in [2.05, 4.69) is 20.3 Å². The molecule has 13 heteroatoms. The first-order chi connectivity index (χ1) is 21.2. The van der Waals surface area contributed by atoms with Gasteiger partial charge in [-0.05, 0) is 45.8 Å². The number of aromatic nitrogens is 4. The monoisotopic (exact) mass is 623 g/mol. The highest BCUT2D eigenvalue weighted by Gasteiger charge is 2.52. The van der Waals surface area contributed by atoms with E-state index in [9.17, 15) is 24.0 Å². The normalized spacial score (nSPS) is 31.6. The molecule has 0 aliphatic carbocycles. The lowest BCUT2D eigenvalue weighted by Gasteiger charge is -2.37. The molecule has 2 aromatic rings. The van der Waals surface area contributed by atoms with Gasteiger partial charge in [-0.25, -0.2) is 19.7 Å². The molecule has 2 saturated heterocycles. The number of hydrogen-bond donors (Lipinski definition) is 1. The molecule has 1 N–H and O–H groups in total. The Labute approximate surface area is 262 Å². The second-order valence-electron chi connectivity index (χ2n) is 12.6. The number of carbonyl (C=O) groups excluding carboxylic acids is 5. The first kappa shape index (κ1) is 33.5. The van der Waals surface area contributed by atoms with Crippen LogP contribution in [-0.2, 0) is 33.4 Å². The number of imidazole rings is 1. The van der Waals surface area contributed by atoms with E-state index in [1.54, 1.807) is 82.3 Å². The first-order valence-electron chi connectivity index (χ1n) is 15.1. The fourth-order valence-corrected chi connectivity index (χ4v) is 6.35. The molecule has 0 spiro atoms. The molecule has 4 heterocycles. The van der Waals surface area contributed by atoms with Crippen LogP contribution in [0.25, 0.3) is 12.0 Å². The maximum absolute atomic E-state index is 13.7. The van der Waals surface area contributed by atoms with Crippen LogP contribution >= 0.6 is 0 Å². The van der Waals surface area contributed by atoms with E-state index in [4.69, 9.17) is 14.2 Å². The minimum Gasteiger partial charge on any atom is -0.461 e. The predicted molar refractivity (Wildman–Crippen MR) is 161 cm³/mol. The van der Waals surface area contributed by atoms with Gasteiger partial charge < -0.3 is 19.5 Å². The van der Waals surface area contributed by atoms with Gasteiger partial charge in [-0.2, -0.15) is 0 Å². The molecule has 2 fully saturated rings. The van der Waals surface area contributed by atoms with Gasteiger partial charge in [-0.15, -0.1) is 0 Å². The van der Waals surface area contributed by atoms with Crippen molar-refractivity contribution in [3.05, 3.63) is 42.8 Å². The van der Waals surface area contributed by atoms with Crippen molar-refractivity contribution < 1.29 is 38.2 Å². The van der Waals surface area contributed by atoms with Crippen molar-refractivity contribution in [2.45, 2.75) is 72.0 Å². The average molecular weight is 624 g/mol. The van der Waals surface area contributed by atoms with Crippen LogP contribution in [0.5, 0.6) is 0 Å². The number of amides is 1. The van der Waals surface area contributed by atoms with Crippen LogP contribution in [0.1, 0.15) is 66.5 Å². The second-order valence-corrected chi connectivity index (χ2v) is 12.6. The van der Waals surface area contributed by atoms with Crippen molar-refractivity contribution in [2.75, 3.05) is 13.2 Å². The van der Waals surface area contributed by atoms with Crippen molar-refractivity contribution in [3.63, 3.8) is 0 Å². The predicted octanol–water partition coefficient (Wildman–Crippen LogP) is 3.50. The van der Waals surface area contributed by atoms with E-state index in [0.717, 1.165) is 0 Å². The summed E-state index contributed by atoms with van der Waals surface area (Å²) in [5.41, 5.74) is -1.81. The maximum atomic E-state index is 13.7. The van der Waals surface area contributed by atoms with E-state index in [1.807, 2.05) is 0 Å². The van der Waals surface area contributed by atoms with Crippen LogP contribution in [-0.4, -0.2) is 73.5 Å². The molecular weight excluding hydrogens is 582 g/mol. The minimum atomic E-state index is -1.23. The molecule has 45 heavy (non-hydrogen) atoms. The van der Waals surface area contributed by atoms with Gasteiger partial charge in [0, 0.05) is 48.8 Å². The van der Waals surface area contributed by atoms with Gasteiger partial charge in [0.05, 0.1) is 12.1 Å². The molecule has 0 bridgehead atoms. The standard InChI is InChI=1S/C32H41N5O8/c1-19-14-31(5,45-30(42)35-10-7-9-23-16-37(18-36-23)29-33-11-8-12-34-29)15-20(2)27(40)22(4)28(41)43-17-32(6)24(13-25(38)44-32)21(3)26(19)39/h7-9,11-12,16,18-22,24H,10,13-15,17H2,1-6H3,(H,35,42)/b9-7+/t19-,20-,21?,22?,24?,31-,32-/m1/s1. The molecule has 1 amide bonds. The Kier molecular flexibility index (Phi) is 10.2. The largest absolute Gasteiger partial charge is 0.461 e. The molecule has 0 radical (unpaired) electrons. The Morgan fingerprint density at radius 3 is 2.40 bits per heavy atom. The van der Waals surface area contributed by atoms with E-state index in [-0.39, 0.29) is 44.0 Å². The molecule has 242 valence electrons. The van der Waals surface area contributed by atoms with Gasteiger partial charge in [-0.1, -0.05) is 26.8 Å². The molecule has 7 atom stereocenters. The summed E-state index contributed by atoms with van der Waals surface area (Å²) in [6.07, 6.45) is 9.49. The van der Waals surface area contributed by atoms with Gasteiger partial charge in [-0.3, -0.25) is 23.7 Å². The summed E-state index contributed by atoms with van der Waals surface area (Å²) >= 11 is 0. The van der Waals surface area contributed by atoms with Crippen LogP contribution in [0.3, 0.4) is 0 Å². The first-order valence-corrected chi connectivity index (χ1v) is 15.1. The minimum absolute atomic E-state index is 0.00314. The number of cyclic esters (lactones) is 1. The van der Waals surface area contributed by atoms with Crippen molar-refractivity contribution in [2.24, 2.45) is 29.6 Å². The number of ketones is 2. The Bertz CT molecular complexity index is 1460. The van der Waals surface area contributed by atoms with Crippen LogP contribution in [0, 0.1) is 29.6 Å². The van der Waals surface area contributed by atoms with Crippen LogP contribution < -0.4 is 5.32 Å². The number of esters is 2. The quantitative estimate of drug-likeness (QED) is 0.294. The van der Waals surface area contributed by atoms with E-state index >= 15 is 0 Å². The lowest BCUT2D eigenvalue weighted by molar-refractivity contribution is -0.169. The number of fused-ring (bicyclic) bond motifs is 1. The van der Waals surface area contributed by atoms with Crippen LogP contribution in [0.15, 0.2) is 37.1 Å². The number of carbonyl (C=O) groups is 5. The number of hydrogen-bond acceptors (Lipinski definition) is 11. The fourth-order valence-electron chi connectivity index (χ4n) is 6.35. The Morgan fingerprint density at radius 1 is 1.04 bits per heavy atom. The summed E-state index contributed by atoms with van der Waals surface area (Å²) in [6, 6.07) is 1.72.